The Morgan fingerprint density at radius 1 is 1.24 bits per heavy atom. The number of benzene rings is 1. The van der Waals surface area contributed by atoms with Crippen LogP contribution >= 0.6 is 0 Å². The summed E-state index contributed by atoms with van der Waals surface area (Å²) >= 11 is 0. The molecule has 0 saturated heterocycles. The molecule has 4 nitrogen and oxygen atoms in total. The van der Waals surface area contributed by atoms with Crippen LogP contribution in [0.5, 0.6) is 0 Å². The number of rotatable bonds is 5. The van der Waals surface area contributed by atoms with Crippen molar-refractivity contribution < 1.29 is 13.2 Å². The minimum atomic E-state index is -3.20. The van der Waals surface area contributed by atoms with Crippen LogP contribution < -0.4 is 5.32 Å². The van der Waals surface area contributed by atoms with Gasteiger partial charge in [0.1, 0.15) is 0 Å². The smallest absolute Gasteiger partial charge is 0.176 e. The van der Waals surface area contributed by atoms with E-state index in [-0.39, 0.29) is 23.3 Å². The zero-order valence-electron chi connectivity index (χ0n) is 10.2. The molecular weight excluding hydrogens is 238 g/mol. The minimum absolute atomic E-state index is 0.0428. The number of hydrogen-bond donors (Lipinski definition) is 1. The second-order valence-corrected chi connectivity index (χ2v) is 6.27. The topological polar surface area (TPSA) is 63.2 Å². The van der Waals surface area contributed by atoms with Gasteiger partial charge in [-0.1, -0.05) is 26.0 Å². The molecule has 1 aromatic carbocycles. The molecule has 0 unspecified atom stereocenters. The van der Waals surface area contributed by atoms with E-state index in [4.69, 9.17) is 0 Å². The van der Waals surface area contributed by atoms with Crippen molar-refractivity contribution in [1.82, 2.24) is 5.32 Å². The highest BCUT2D eigenvalue weighted by atomic mass is 32.2. The van der Waals surface area contributed by atoms with Crippen molar-refractivity contribution in [2.24, 2.45) is 0 Å². The van der Waals surface area contributed by atoms with Gasteiger partial charge in [0.2, 0.25) is 0 Å². The van der Waals surface area contributed by atoms with Gasteiger partial charge in [0.05, 0.1) is 11.4 Å². The highest BCUT2D eigenvalue weighted by molar-refractivity contribution is 7.90. The number of ketones is 1. The Hall–Kier alpha value is -1.20. The lowest BCUT2D eigenvalue weighted by molar-refractivity contribution is 0.0988. The summed E-state index contributed by atoms with van der Waals surface area (Å²) in [7, 11) is -3.20. The van der Waals surface area contributed by atoms with Crippen molar-refractivity contribution >= 4 is 15.6 Å². The number of hydrogen-bond acceptors (Lipinski definition) is 4. The molecule has 0 atom stereocenters. The fraction of sp³-hybridized carbons (Fsp3) is 0.417. The number of nitrogens with one attached hydrogen (secondary N) is 1. The molecule has 0 aliphatic heterocycles. The maximum Gasteiger partial charge on any atom is 0.176 e. The molecular formula is C12H17NO3S. The lowest BCUT2D eigenvalue weighted by atomic mass is 10.1. The largest absolute Gasteiger partial charge is 0.307 e. The molecule has 0 aliphatic carbocycles. The van der Waals surface area contributed by atoms with Crippen molar-refractivity contribution in [3.05, 3.63) is 29.8 Å². The first kappa shape index (κ1) is 13.9. The Labute approximate surface area is 102 Å². The minimum Gasteiger partial charge on any atom is -0.307 e. The van der Waals surface area contributed by atoms with Crippen LogP contribution in [0.15, 0.2) is 29.2 Å². The molecule has 0 aromatic heterocycles. The Kier molecular flexibility index (Phi) is 4.42. The van der Waals surface area contributed by atoms with Gasteiger partial charge in [-0.2, -0.15) is 0 Å². The lowest BCUT2D eigenvalue weighted by Gasteiger charge is -2.07. The third-order valence-corrected chi connectivity index (χ3v) is 3.40. The van der Waals surface area contributed by atoms with Crippen molar-refractivity contribution in [3.8, 4) is 0 Å². The monoisotopic (exact) mass is 255 g/mol. The summed E-state index contributed by atoms with van der Waals surface area (Å²) in [4.78, 5) is 11.9. The highest BCUT2D eigenvalue weighted by Gasteiger charge is 2.09. The van der Waals surface area contributed by atoms with E-state index in [1.54, 1.807) is 12.1 Å². The molecule has 1 N–H and O–H groups in total. The molecule has 5 heteroatoms. The molecule has 94 valence electrons. The predicted octanol–water partition coefficient (Wildman–Crippen LogP) is 1.27. The summed E-state index contributed by atoms with van der Waals surface area (Å²) in [6.45, 7) is 4.18. The quantitative estimate of drug-likeness (QED) is 0.805. The molecule has 1 aromatic rings. The Bertz CT molecular complexity index is 489. The molecule has 0 fully saturated rings. The molecule has 0 radical (unpaired) electrons. The first-order valence-electron chi connectivity index (χ1n) is 5.37. The first-order chi connectivity index (χ1) is 7.80. The number of carbonyl (C=O) groups excluding carboxylic acids is 1. The van der Waals surface area contributed by atoms with E-state index in [1.165, 1.54) is 12.1 Å². The van der Waals surface area contributed by atoms with E-state index in [1.807, 2.05) is 13.8 Å². The van der Waals surface area contributed by atoms with Gasteiger partial charge < -0.3 is 5.32 Å². The second kappa shape index (κ2) is 5.42. The summed E-state index contributed by atoms with van der Waals surface area (Å²) in [5.41, 5.74) is 0.519. The van der Waals surface area contributed by atoms with Crippen LogP contribution in [0, 0.1) is 0 Å². The Morgan fingerprint density at radius 3 is 2.18 bits per heavy atom. The fourth-order valence-electron chi connectivity index (χ4n) is 1.29. The summed E-state index contributed by atoms with van der Waals surface area (Å²) in [5.74, 6) is -0.0428. The van der Waals surface area contributed by atoms with E-state index in [2.05, 4.69) is 5.32 Å². The fourth-order valence-corrected chi connectivity index (χ4v) is 1.92. The summed E-state index contributed by atoms with van der Waals surface area (Å²) in [5, 5.41) is 3.02. The van der Waals surface area contributed by atoms with Gasteiger partial charge in [-0.25, -0.2) is 8.42 Å². The van der Waals surface area contributed by atoms with Gasteiger partial charge in [-0.15, -0.1) is 0 Å². The standard InChI is InChI=1S/C12H17NO3S/c1-9(2)13-8-12(14)10-4-6-11(7-5-10)17(3,15)16/h4-7,9,13H,8H2,1-3H3. The number of sulfone groups is 1. The van der Waals surface area contributed by atoms with E-state index in [9.17, 15) is 13.2 Å². The molecule has 0 bridgehead atoms. The average molecular weight is 255 g/mol. The summed E-state index contributed by atoms with van der Waals surface area (Å²) in [6.07, 6.45) is 1.14. The van der Waals surface area contributed by atoms with Gasteiger partial charge >= 0.3 is 0 Å². The van der Waals surface area contributed by atoms with Crippen LogP contribution in [0.2, 0.25) is 0 Å². The molecule has 0 aliphatic rings. The molecule has 0 heterocycles. The van der Waals surface area contributed by atoms with E-state index >= 15 is 0 Å². The van der Waals surface area contributed by atoms with E-state index < -0.39 is 9.84 Å². The highest BCUT2D eigenvalue weighted by Crippen LogP contribution is 2.10. The maximum absolute atomic E-state index is 11.7. The number of carbonyl (C=O) groups is 1. The zero-order valence-corrected chi connectivity index (χ0v) is 11.0. The lowest BCUT2D eigenvalue weighted by Crippen LogP contribution is -2.29. The maximum atomic E-state index is 11.7. The van der Waals surface area contributed by atoms with E-state index in [0.29, 0.717) is 5.56 Å². The predicted molar refractivity (Wildman–Crippen MR) is 67.0 cm³/mol. The molecule has 1 rings (SSSR count). The normalized spacial score (nSPS) is 11.8. The van der Waals surface area contributed by atoms with E-state index in [0.717, 1.165) is 6.26 Å². The van der Waals surface area contributed by atoms with Gasteiger partial charge in [0.25, 0.3) is 0 Å². The first-order valence-corrected chi connectivity index (χ1v) is 7.26. The van der Waals surface area contributed by atoms with Gasteiger partial charge in [0, 0.05) is 17.9 Å². The van der Waals surface area contributed by atoms with Gasteiger partial charge in [0.15, 0.2) is 15.6 Å². The Morgan fingerprint density at radius 2 is 1.76 bits per heavy atom. The molecule has 17 heavy (non-hydrogen) atoms. The van der Waals surface area contributed by atoms with Gasteiger partial charge in [-0.3, -0.25) is 4.79 Å². The SMILES string of the molecule is CC(C)NCC(=O)c1ccc(S(C)(=O)=O)cc1. The second-order valence-electron chi connectivity index (χ2n) is 4.26. The van der Waals surface area contributed by atoms with Crippen molar-refractivity contribution in [1.29, 1.82) is 0 Å². The average Bonchev–Trinajstić information content (AvgIpc) is 2.25. The van der Waals surface area contributed by atoms with Crippen molar-refractivity contribution in [2.45, 2.75) is 24.8 Å². The van der Waals surface area contributed by atoms with Crippen LogP contribution in [0.1, 0.15) is 24.2 Å². The zero-order chi connectivity index (χ0) is 13.1. The molecule has 0 spiro atoms. The van der Waals surface area contributed by atoms with Crippen LogP contribution in [0.3, 0.4) is 0 Å². The number of Topliss-reactive ketones (excluding diaryl/α,β-unsaturated/α-hetero) is 1. The molecule has 0 amide bonds. The summed E-state index contributed by atoms with van der Waals surface area (Å²) in [6, 6.07) is 6.24. The Balaban J connectivity index is 2.78. The van der Waals surface area contributed by atoms with Crippen molar-refractivity contribution in [2.75, 3.05) is 12.8 Å². The van der Waals surface area contributed by atoms with Crippen molar-refractivity contribution in [3.63, 3.8) is 0 Å². The summed E-state index contributed by atoms with van der Waals surface area (Å²) < 4.78 is 22.5. The van der Waals surface area contributed by atoms with Crippen LogP contribution in [0.25, 0.3) is 0 Å². The van der Waals surface area contributed by atoms with Crippen LogP contribution in [-0.4, -0.2) is 33.0 Å². The third kappa shape index (κ3) is 4.28. The molecule has 0 saturated carbocycles. The van der Waals surface area contributed by atoms with Gasteiger partial charge in [-0.05, 0) is 12.1 Å². The third-order valence-electron chi connectivity index (χ3n) is 2.28. The van der Waals surface area contributed by atoms with Crippen LogP contribution in [0.4, 0.5) is 0 Å². The van der Waals surface area contributed by atoms with Crippen LogP contribution in [-0.2, 0) is 9.84 Å².